The van der Waals surface area contributed by atoms with E-state index in [2.05, 4.69) is 10.5 Å². The molecule has 120 valence electrons. The van der Waals surface area contributed by atoms with Crippen LogP contribution < -0.4 is 10.2 Å². The lowest BCUT2D eigenvalue weighted by Crippen LogP contribution is -2.17. The molecule has 24 heavy (non-hydrogen) atoms. The van der Waals surface area contributed by atoms with Crippen molar-refractivity contribution in [2.75, 3.05) is 0 Å². The Balaban J connectivity index is 1.52. The molecule has 5 heteroatoms. The summed E-state index contributed by atoms with van der Waals surface area (Å²) in [5.74, 6) is 0.974. The summed E-state index contributed by atoms with van der Waals surface area (Å²) >= 11 is 0. The summed E-state index contributed by atoms with van der Waals surface area (Å²) in [4.78, 5) is 12.0. The van der Waals surface area contributed by atoms with E-state index < -0.39 is 0 Å². The smallest absolute Gasteiger partial charge is 0.271 e. The fourth-order valence-electron chi connectivity index (χ4n) is 2.03. The largest absolute Gasteiger partial charge is 0.489 e. The highest BCUT2D eigenvalue weighted by Crippen LogP contribution is 2.14. The molecule has 0 saturated carbocycles. The lowest BCUT2D eigenvalue weighted by molar-refractivity contribution is 0.0955. The van der Waals surface area contributed by atoms with Crippen LogP contribution in [0.1, 0.15) is 21.7 Å². The number of furan rings is 1. The van der Waals surface area contributed by atoms with Gasteiger partial charge < -0.3 is 9.15 Å². The molecule has 2 aromatic carbocycles. The van der Waals surface area contributed by atoms with E-state index in [1.807, 2.05) is 30.3 Å². The molecular formula is C19H16N2O3. The molecule has 1 amide bonds. The van der Waals surface area contributed by atoms with Gasteiger partial charge in [0.05, 0.1) is 12.5 Å². The summed E-state index contributed by atoms with van der Waals surface area (Å²) in [6, 6.07) is 20.3. The third-order valence-corrected chi connectivity index (χ3v) is 3.27. The first-order valence-corrected chi connectivity index (χ1v) is 7.45. The van der Waals surface area contributed by atoms with E-state index in [9.17, 15) is 4.79 Å². The van der Waals surface area contributed by atoms with Crippen LogP contribution in [0, 0.1) is 0 Å². The average Bonchev–Trinajstić information content (AvgIpc) is 3.15. The molecule has 1 N–H and O–H groups in total. The Morgan fingerprint density at radius 3 is 2.54 bits per heavy atom. The molecule has 0 fully saturated rings. The highest BCUT2D eigenvalue weighted by Gasteiger charge is 2.04. The van der Waals surface area contributed by atoms with Gasteiger partial charge in [-0.3, -0.25) is 4.79 Å². The van der Waals surface area contributed by atoms with E-state index in [1.165, 1.54) is 12.5 Å². The number of hydrogen-bond donors (Lipinski definition) is 1. The molecule has 0 spiro atoms. The predicted octanol–water partition coefficient (Wildman–Crippen LogP) is 3.62. The van der Waals surface area contributed by atoms with Crippen LogP contribution >= 0.6 is 0 Å². The van der Waals surface area contributed by atoms with Gasteiger partial charge in [-0.15, -0.1) is 0 Å². The van der Waals surface area contributed by atoms with Crippen LogP contribution in [0.5, 0.6) is 5.75 Å². The number of rotatable bonds is 6. The monoisotopic (exact) mass is 320 g/mol. The molecule has 0 bridgehead atoms. The van der Waals surface area contributed by atoms with Crippen molar-refractivity contribution in [2.24, 2.45) is 5.10 Å². The Bertz CT molecular complexity index is 794. The SMILES string of the molecule is O=C(N/N=C\c1ccco1)c1ccc(OCc2ccccc2)cc1. The first-order chi connectivity index (χ1) is 11.8. The molecule has 0 unspecified atom stereocenters. The highest BCUT2D eigenvalue weighted by molar-refractivity contribution is 5.94. The maximum Gasteiger partial charge on any atom is 0.271 e. The standard InChI is InChI=1S/C19H16N2O3/c22-19(21-20-13-18-7-4-12-23-18)16-8-10-17(11-9-16)24-14-15-5-2-1-3-6-15/h1-13H,14H2,(H,21,22)/b20-13-. The van der Waals surface area contributed by atoms with Gasteiger partial charge in [0.25, 0.3) is 5.91 Å². The fourth-order valence-corrected chi connectivity index (χ4v) is 2.03. The van der Waals surface area contributed by atoms with E-state index in [1.54, 1.807) is 36.4 Å². The Labute approximate surface area is 139 Å². The molecular weight excluding hydrogens is 304 g/mol. The Hall–Kier alpha value is -3.34. The van der Waals surface area contributed by atoms with E-state index >= 15 is 0 Å². The van der Waals surface area contributed by atoms with Crippen molar-refractivity contribution in [1.82, 2.24) is 5.43 Å². The van der Waals surface area contributed by atoms with Crippen molar-refractivity contribution in [1.29, 1.82) is 0 Å². The first kappa shape index (κ1) is 15.6. The van der Waals surface area contributed by atoms with Gasteiger partial charge in [-0.25, -0.2) is 5.43 Å². The predicted molar refractivity (Wildman–Crippen MR) is 91.0 cm³/mol. The number of nitrogens with zero attached hydrogens (tertiary/aromatic N) is 1. The molecule has 0 aliphatic carbocycles. The van der Waals surface area contributed by atoms with Crippen molar-refractivity contribution < 1.29 is 13.9 Å². The van der Waals surface area contributed by atoms with E-state index in [0.717, 1.165) is 5.56 Å². The van der Waals surface area contributed by atoms with Crippen molar-refractivity contribution in [3.8, 4) is 5.75 Å². The number of carbonyl (C=O) groups is 1. The topological polar surface area (TPSA) is 63.8 Å². The summed E-state index contributed by atoms with van der Waals surface area (Å²) in [6.45, 7) is 0.486. The molecule has 0 radical (unpaired) electrons. The van der Waals surface area contributed by atoms with Gasteiger partial charge in [0.15, 0.2) is 0 Å². The molecule has 0 aliphatic heterocycles. The number of benzene rings is 2. The summed E-state index contributed by atoms with van der Waals surface area (Å²) in [5, 5.41) is 3.84. The zero-order chi connectivity index (χ0) is 16.6. The minimum Gasteiger partial charge on any atom is -0.489 e. The number of hydrogen-bond acceptors (Lipinski definition) is 4. The number of carbonyl (C=O) groups excluding carboxylic acids is 1. The summed E-state index contributed by atoms with van der Waals surface area (Å²) in [7, 11) is 0. The normalized spacial score (nSPS) is 10.7. The second kappa shape index (κ2) is 7.78. The van der Waals surface area contributed by atoms with E-state index in [0.29, 0.717) is 23.7 Å². The molecule has 1 heterocycles. The quantitative estimate of drug-likeness (QED) is 0.557. The lowest BCUT2D eigenvalue weighted by Gasteiger charge is -2.07. The lowest BCUT2D eigenvalue weighted by atomic mass is 10.2. The van der Waals surface area contributed by atoms with Crippen LogP contribution in [0.25, 0.3) is 0 Å². The Kier molecular flexibility index (Phi) is 5.04. The van der Waals surface area contributed by atoms with Crippen LogP contribution in [0.15, 0.2) is 82.5 Å². The van der Waals surface area contributed by atoms with Crippen LogP contribution in [0.2, 0.25) is 0 Å². The maximum atomic E-state index is 12.0. The summed E-state index contributed by atoms with van der Waals surface area (Å²) < 4.78 is 10.8. The number of nitrogens with one attached hydrogen (secondary N) is 1. The summed E-state index contributed by atoms with van der Waals surface area (Å²) in [6.07, 6.45) is 2.98. The number of amides is 1. The van der Waals surface area contributed by atoms with E-state index in [4.69, 9.17) is 9.15 Å². The Morgan fingerprint density at radius 1 is 1.04 bits per heavy atom. The zero-order valence-electron chi connectivity index (χ0n) is 12.9. The maximum absolute atomic E-state index is 12.0. The summed E-state index contributed by atoms with van der Waals surface area (Å²) in [5.41, 5.74) is 4.03. The molecule has 3 aromatic rings. The van der Waals surface area contributed by atoms with Gasteiger partial charge in [-0.2, -0.15) is 5.10 Å². The number of ether oxygens (including phenoxy) is 1. The minimum absolute atomic E-state index is 0.299. The van der Waals surface area contributed by atoms with E-state index in [-0.39, 0.29) is 5.91 Å². The van der Waals surface area contributed by atoms with Gasteiger partial charge >= 0.3 is 0 Å². The van der Waals surface area contributed by atoms with Crippen molar-refractivity contribution in [3.63, 3.8) is 0 Å². The third kappa shape index (κ3) is 4.33. The van der Waals surface area contributed by atoms with Crippen LogP contribution in [-0.4, -0.2) is 12.1 Å². The van der Waals surface area contributed by atoms with Crippen LogP contribution in [0.3, 0.4) is 0 Å². The van der Waals surface area contributed by atoms with Crippen molar-refractivity contribution in [3.05, 3.63) is 89.9 Å². The molecule has 0 atom stereocenters. The van der Waals surface area contributed by atoms with Gasteiger partial charge in [0.2, 0.25) is 0 Å². The van der Waals surface area contributed by atoms with Crippen LogP contribution in [0.4, 0.5) is 0 Å². The van der Waals surface area contributed by atoms with Crippen molar-refractivity contribution >= 4 is 12.1 Å². The Morgan fingerprint density at radius 2 is 1.83 bits per heavy atom. The molecule has 0 aliphatic rings. The van der Waals surface area contributed by atoms with Crippen LogP contribution in [-0.2, 0) is 6.61 Å². The minimum atomic E-state index is -0.299. The first-order valence-electron chi connectivity index (χ1n) is 7.45. The highest BCUT2D eigenvalue weighted by atomic mass is 16.5. The molecule has 0 saturated heterocycles. The zero-order valence-corrected chi connectivity index (χ0v) is 12.9. The molecule has 3 rings (SSSR count). The number of hydrazone groups is 1. The molecule has 1 aromatic heterocycles. The average molecular weight is 320 g/mol. The van der Waals surface area contributed by atoms with Gasteiger partial charge in [-0.05, 0) is 42.0 Å². The second-order valence-corrected chi connectivity index (χ2v) is 5.01. The molecule has 5 nitrogen and oxygen atoms in total. The fraction of sp³-hybridized carbons (Fsp3) is 0.0526. The second-order valence-electron chi connectivity index (χ2n) is 5.01. The van der Waals surface area contributed by atoms with Crippen molar-refractivity contribution in [2.45, 2.75) is 6.61 Å². The van der Waals surface area contributed by atoms with Gasteiger partial charge in [0, 0.05) is 5.56 Å². The van der Waals surface area contributed by atoms with Gasteiger partial charge in [0.1, 0.15) is 18.1 Å². The third-order valence-electron chi connectivity index (χ3n) is 3.27. The van der Waals surface area contributed by atoms with Gasteiger partial charge in [-0.1, -0.05) is 30.3 Å².